The van der Waals surface area contributed by atoms with E-state index in [1.165, 1.54) is 4.90 Å². The Morgan fingerprint density at radius 3 is 2.33 bits per heavy atom. The summed E-state index contributed by atoms with van der Waals surface area (Å²) < 4.78 is 17.3. The van der Waals surface area contributed by atoms with E-state index >= 15 is 4.39 Å². The first kappa shape index (κ1) is 25.7. The smallest absolute Gasteiger partial charge is 0.270 e. The van der Waals surface area contributed by atoms with Gasteiger partial charge in [0.1, 0.15) is 12.6 Å². The third-order valence-corrected chi connectivity index (χ3v) is 9.15. The van der Waals surface area contributed by atoms with Crippen LogP contribution in [0.25, 0.3) is 11.1 Å². The number of hydrogen-bond acceptors (Lipinski definition) is 5. The Hall–Kier alpha value is -3.59. The zero-order chi connectivity index (χ0) is 27.3. The molecule has 0 radical (unpaired) electrons. The van der Waals surface area contributed by atoms with Gasteiger partial charge in [-0.1, -0.05) is 55.0 Å². The Balaban J connectivity index is 1.32. The molecule has 5 atom stereocenters. The molecule has 2 saturated heterocycles. The molecule has 3 fully saturated rings. The predicted octanol–water partition coefficient (Wildman–Crippen LogP) is 2.08. The molecule has 39 heavy (non-hydrogen) atoms. The maximum Gasteiger partial charge on any atom is 0.270 e. The van der Waals surface area contributed by atoms with E-state index in [1.807, 2.05) is 12.1 Å². The van der Waals surface area contributed by atoms with Crippen molar-refractivity contribution >= 4 is 23.5 Å². The summed E-state index contributed by atoms with van der Waals surface area (Å²) in [5, 5.41) is 15.0. The predicted molar refractivity (Wildman–Crippen MR) is 140 cm³/mol. The van der Waals surface area contributed by atoms with Gasteiger partial charge in [0.05, 0.1) is 6.04 Å². The van der Waals surface area contributed by atoms with Crippen molar-refractivity contribution in [3.8, 4) is 11.1 Å². The normalized spacial score (nSPS) is 26.9. The van der Waals surface area contributed by atoms with Gasteiger partial charge in [0.15, 0.2) is 5.78 Å². The van der Waals surface area contributed by atoms with Crippen molar-refractivity contribution in [2.75, 3.05) is 19.7 Å². The van der Waals surface area contributed by atoms with Crippen LogP contribution >= 0.6 is 0 Å². The minimum absolute atomic E-state index is 0.0628. The van der Waals surface area contributed by atoms with Gasteiger partial charge in [0.25, 0.3) is 5.91 Å². The molecular formula is C30H32FN3O5. The molecule has 3 amide bonds. The van der Waals surface area contributed by atoms with E-state index in [0.29, 0.717) is 24.1 Å². The molecule has 2 aromatic rings. The number of fused-ring (bicyclic) bond motifs is 4. The van der Waals surface area contributed by atoms with E-state index in [0.717, 1.165) is 19.3 Å². The maximum atomic E-state index is 17.3. The Bertz CT molecular complexity index is 1300. The highest BCUT2D eigenvalue weighted by Gasteiger charge is 2.58. The number of Topliss-reactive ketones (excluding diaryl/α,β-unsaturated/α-hetero) is 1. The molecule has 2 aliphatic heterocycles. The van der Waals surface area contributed by atoms with E-state index in [-0.39, 0.29) is 41.8 Å². The SMILES string of the molecule is O=C1NCC[C@H]1C[C@@H](NC(=O)[C@@H]1[C@H]2CCC[C@H]2CN1C(=O)C1(F)c2ccccc2-c2ccccc21)C(=O)CO. The van der Waals surface area contributed by atoms with Crippen molar-refractivity contribution in [1.29, 1.82) is 0 Å². The van der Waals surface area contributed by atoms with Crippen LogP contribution in [0, 0.1) is 17.8 Å². The van der Waals surface area contributed by atoms with Crippen LogP contribution in [0.15, 0.2) is 48.5 Å². The minimum Gasteiger partial charge on any atom is -0.389 e. The number of benzene rings is 2. The summed E-state index contributed by atoms with van der Waals surface area (Å²) in [6.45, 7) is -0.0191. The van der Waals surface area contributed by atoms with Crippen molar-refractivity contribution in [1.82, 2.24) is 15.5 Å². The van der Waals surface area contributed by atoms with E-state index < -0.39 is 47.9 Å². The molecule has 0 spiro atoms. The van der Waals surface area contributed by atoms with Gasteiger partial charge in [0.2, 0.25) is 17.5 Å². The highest BCUT2D eigenvalue weighted by molar-refractivity contribution is 6.01. The lowest BCUT2D eigenvalue weighted by atomic mass is 9.90. The number of aliphatic hydroxyl groups excluding tert-OH is 1. The lowest BCUT2D eigenvalue weighted by Crippen LogP contribution is -2.56. The number of ketones is 1. The number of nitrogens with one attached hydrogen (secondary N) is 2. The van der Waals surface area contributed by atoms with Crippen molar-refractivity contribution in [3.05, 3.63) is 59.7 Å². The average Bonchev–Trinajstić information content (AvgIpc) is 3.71. The fourth-order valence-corrected chi connectivity index (χ4v) is 7.25. The Labute approximate surface area is 225 Å². The standard InChI is InChI=1S/C30H32FN3O5/c31-30(22-10-3-1-7-20(22)21-8-2-4-11-23(21)30)29(39)34-15-18-6-5-9-19(18)26(34)28(38)33-24(25(36)16-35)14-17-12-13-32-27(17)37/h1-4,7-8,10-11,17-19,24,26,35H,5-6,9,12-16H2,(H,32,37)(H,33,38)/t17-,18-,19-,24+,26-/m0/s1. The monoisotopic (exact) mass is 533 g/mol. The second-order valence-corrected chi connectivity index (χ2v) is 11.2. The third-order valence-electron chi connectivity index (χ3n) is 9.15. The number of aliphatic hydroxyl groups is 1. The highest BCUT2D eigenvalue weighted by atomic mass is 19.1. The summed E-state index contributed by atoms with van der Waals surface area (Å²) in [5.41, 5.74) is -0.575. The minimum atomic E-state index is -2.44. The van der Waals surface area contributed by atoms with Crippen LogP contribution in [-0.4, -0.2) is 65.3 Å². The molecule has 0 aromatic heterocycles. The van der Waals surface area contributed by atoms with E-state index in [1.54, 1.807) is 36.4 Å². The van der Waals surface area contributed by atoms with Crippen LogP contribution in [0.5, 0.6) is 0 Å². The van der Waals surface area contributed by atoms with Gasteiger partial charge in [-0.3, -0.25) is 19.2 Å². The van der Waals surface area contributed by atoms with Gasteiger partial charge in [0, 0.05) is 30.1 Å². The average molecular weight is 534 g/mol. The van der Waals surface area contributed by atoms with Crippen molar-refractivity contribution < 1.29 is 28.7 Å². The second-order valence-electron chi connectivity index (χ2n) is 11.2. The number of alkyl halides is 1. The summed E-state index contributed by atoms with van der Waals surface area (Å²) >= 11 is 0. The number of rotatable bonds is 7. The molecule has 0 unspecified atom stereocenters. The summed E-state index contributed by atoms with van der Waals surface area (Å²) in [6, 6.07) is 11.9. The number of amides is 3. The number of carbonyl (C=O) groups is 4. The zero-order valence-electron chi connectivity index (χ0n) is 21.6. The van der Waals surface area contributed by atoms with Gasteiger partial charge in [-0.2, -0.15) is 0 Å². The first-order valence-electron chi connectivity index (χ1n) is 13.8. The molecule has 6 rings (SSSR count). The van der Waals surface area contributed by atoms with Crippen LogP contribution in [-0.2, 0) is 24.8 Å². The largest absolute Gasteiger partial charge is 0.389 e. The third kappa shape index (κ3) is 4.06. The van der Waals surface area contributed by atoms with Crippen molar-refractivity contribution in [2.24, 2.45) is 17.8 Å². The first-order valence-corrected chi connectivity index (χ1v) is 13.8. The lowest BCUT2D eigenvalue weighted by molar-refractivity contribution is -0.148. The topological polar surface area (TPSA) is 116 Å². The molecule has 4 aliphatic rings. The zero-order valence-corrected chi connectivity index (χ0v) is 21.6. The van der Waals surface area contributed by atoms with Crippen LogP contribution in [0.1, 0.15) is 43.2 Å². The number of likely N-dealkylation sites (tertiary alicyclic amines) is 1. The molecule has 0 bridgehead atoms. The summed E-state index contributed by atoms with van der Waals surface area (Å²) in [5.74, 6) is -2.63. The van der Waals surface area contributed by atoms with Gasteiger partial charge in [-0.25, -0.2) is 4.39 Å². The number of carbonyl (C=O) groups excluding carboxylic acids is 4. The Morgan fingerprint density at radius 2 is 1.72 bits per heavy atom. The van der Waals surface area contributed by atoms with Crippen LogP contribution in [0.4, 0.5) is 4.39 Å². The molecule has 3 N–H and O–H groups in total. The Morgan fingerprint density at radius 1 is 1.05 bits per heavy atom. The molecule has 2 aromatic carbocycles. The number of nitrogens with zero attached hydrogens (tertiary/aromatic N) is 1. The summed E-state index contributed by atoms with van der Waals surface area (Å²) in [6.07, 6.45) is 3.08. The van der Waals surface area contributed by atoms with E-state index in [4.69, 9.17) is 0 Å². The maximum absolute atomic E-state index is 17.3. The second kappa shape index (κ2) is 9.86. The molecule has 9 heteroatoms. The van der Waals surface area contributed by atoms with Crippen molar-refractivity contribution in [2.45, 2.75) is 49.9 Å². The molecule has 204 valence electrons. The van der Waals surface area contributed by atoms with Crippen LogP contribution in [0.2, 0.25) is 0 Å². The van der Waals surface area contributed by atoms with Gasteiger partial charge < -0.3 is 20.6 Å². The van der Waals surface area contributed by atoms with Crippen LogP contribution in [0.3, 0.4) is 0 Å². The first-order chi connectivity index (χ1) is 18.8. The van der Waals surface area contributed by atoms with Gasteiger partial charge >= 0.3 is 0 Å². The Kier molecular flexibility index (Phi) is 6.49. The molecular weight excluding hydrogens is 501 g/mol. The number of hydrogen-bond donors (Lipinski definition) is 3. The summed E-state index contributed by atoms with van der Waals surface area (Å²) in [7, 11) is 0. The fourth-order valence-electron chi connectivity index (χ4n) is 7.25. The molecule has 8 nitrogen and oxygen atoms in total. The van der Waals surface area contributed by atoms with E-state index in [2.05, 4.69) is 10.6 Å². The molecule has 2 aliphatic carbocycles. The van der Waals surface area contributed by atoms with Crippen LogP contribution < -0.4 is 10.6 Å². The number of halogens is 1. The van der Waals surface area contributed by atoms with Gasteiger partial charge in [-0.15, -0.1) is 0 Å². The lowest BCUT2D eigenvalue weighted by Gasteiger charge is -2.33. The molecule has 2 heterocycles. The molecule has 1 saturated carbocycles. The fraction of sp³-hybridized carbons (Fsp3) is 0.467. The van der Waals surface area contributed by atoms with E-state index in [9.17, 15) is 24.3 Å². The van der Waals surface area contributed by atoms with Gasteiger partial charge in [-0.05, 0) is 48.6 Å². The summed E-state index contributed by atoms with van der Waals surface area (Å²) in [4.78, 5) is 54.2. The van der Waals surface area contributed by atoms with Crippen molar-refractivity contribution in [3.63, 3.8) is 0 Å². The quantitative estimate of drug-likeness (QED) is 0.504. The highest BCUT2D eigenvalue weighted by Crippen LogP contribution is 2.52.